The van der Waals surface area contributed by atoms with Crippen molar-refractivity contribution in [2.45, 2.75) is 50.2 Å². The van der Waals surface area contributed by atoms with E-state index >= 15 is 0 Å². The molecule has 0 unspecified atom stereocenters. The first-order valence-electron chi connectivity index (χ1n) is 9.73. The van der Waals surface area contributed by atoms with Gasteiger partial charge in [-0.3, -0.25) is 10.1 Å². The molecule has 158 valence electrons. The quantitative estimate of drug-likeness (QED) is 0.606. The van der Waals surface area contributed by atoms with Crippen LogP contribution in [0.25, 0.3) is 11.5 Å². The Labute approximate surface area is 176 Å². The summed E-state index contributed by atoms with van der Waals surface area (Å²) in [5.74, 6) is 0.282. The fourth-order valence-electron chi connectivity index (χ4n) is 2.84. The molecule has 0 saturated carbocycles. The van der Waals surface area contributed by atoms with Crippen molar-refractivity contribution in [1.82, 2.24) is 10.2 Å². The minimum Gasteiger partial charge on any atom is -0.403 e. The molecule has 1 aromatic heterocycles. The number of rotatable bonds is 7. The molecule has 1 N–H and O–H groups in total. The molecule has 0 bridgehead atoms. The Hall–Kier alpha value is -3.00. The molecule has 0 aliphatic carbocycles. The molecule has 30 heavy (non-hydrogen) atoms. The van der Waals surface area contributed by atoms with E-state index in [9.17, 15) is 13.2 Å². The molecule has 0 fully saturated rings. The van der Waals surface area contributed by atoms with Gasteiger partial charge in [0.05, 0.1) is 16.6 Å². The van der Waals surface area contributed by atoms with Gasteiger partial charge in [0, 0.05) is 5.56 Å². The van der Waals surface area contributed by atoms with Crippen molar-refractivity contribution in [1.29, 1.82) is 0 Å². The Bertz CT molecular complexity index is 1130. The van der Waals surface area contributed by atoms with E-state index in [-0.39, 0.29) is 29.1 Å². The lowest BCUT2D eigenvalue weighted by Crippen LogP contribution is -2.14. The molecule has 1 amide bonds. The first-order valence-corrected chi connectivity index (χ1v) is 11.3. The maximum atomic E-state index is 12.4. The van der Waals surface area contributed by atoms with Gasteiger partial charge in [-0.05, 0) is 49.1 Å². The van der Waals surface area contributed by atoms with E-state index in [1.54, 1.807) is 26.0 Å². The highest BCUT2D eigenvalue weighted by Gasteiger charge is 2.20. The molecule has 3 rings (SSSR count). The molecule has 0 aliphatic heterocycles. The zero-order valence-corrected chi connectivity index (χ0v) is 18.2. The van der Waals surface area contributed by atoms with E-state index < -0.39 is 15.1 Å². The Kier molecular flexibility index (Phi) is 6.36. The molecular formula is C22H25N3O4S. The van der Waals surface area contributed by atoms with E-state index in [2.05, 4.69) is 29.4 Å². The Morgan fingerprint density at radius 2 is 1.73 bits per heavy atom. The van der Waals surface area contributed by atoms with E-state index in [0.29, 0.717) is 11.5 Å². The van der Waals surface area contributed by atoms with Crippen molar-refractivity contribution in [3.63, 3.8) is 0 Å². The number of carbonyl (C=O) groups is 1. The highest BCUT2D eigenvalue weighted by molar-refractivity contribution is 7.92. The van der Waals surface area contributed by atoms with Crippen LogP contribution >= 0.6 is 0 Å². The third-order valence-electron chi connectivity index (χ3n) is 4.71. The number of hydrogen-bond acceptors (Lipinski definition) is 6. The fourth-order valence-corrected chi connectivity index (χ4v) is 3.94. The Balaban J connectivity index is 1.70. The number of benzene rings is 2. The van der Waals surface area contributed by atoms with Crippen LogP contribution in [0.1, 0.15) is 44.7 Å². The maximum absolute atomic E-state index is 12.4. The number of hydrogen-bond donors (Lipinski definition) is 1. The second-order valence-corrected chi connectivity index (χ2v) is 10.2. The van der Waals surface area contributed by atoms with Crippen LogP contribution in [0.2, 0.25) is 0 Å². The molecule has 1 heterocycles. The summed E-state index contributed by atoms with van der Waals surface area (Å²) in [7, 11) is -3.42. The SMILES string of the molecule is CC(C)c1ccc(CC(=O)Nc2nnc(-c3cccc(S(=O)(=O)C(C)C)c3)o2)cc1. The second-order valence-electron chi connectivity index (χ2n) is 7.66. The lowest BCUT2D eigenvalue weighted by atomic mass is 10.0. The summed E-state index contributed by atoms with van der Waals surface area (Å²) < 4.78 is 30.3. The molecule has 0 atom stereocenters. The fraction of sp³-hybridized carbons (Fsp3) is 0.318. The van der Waals surface area contributed by atoms with Crippen molar-refractivity contribution in [3.8, 4) is 11.5 Å². The predicted octanol–water partition coefficient (Wildman–Crippen LogP) is 4.22. The number of carbonyl (C=O) groups excluding carboxylic acids is 1. The van der Waals surface area contributed by atoms with Gasteiger partial charge in [-0.1, -0.05) is 49.3 Å². The minimum atomic E-state index is -3.42. The lowest BCUT2D eigenvalue weighted by molar-refractivity contribution is -0.115. The number of nitrogens with zero attached hydrogens (tertiary/aromatic N) is 2. The van der Waals surface area contributed by atoms with Gasteiger partial charge in [0.15, 0.2) is 9.84 Å². The second kappa shape index (κ2) is 8.79. The number of nitrogens with one attached hydrogen (secondary N) is 1. The van der Waals surface area contributed by atoms with E-state index in [1.807, 2.05) is 24.3 Å². The van der Waals surface area contributed by atoms with Crippen LogP contribution in [-0.2, 0) is 21.1 Å². The first-order chi connectivity index (χ1) is 14.2. The van der Waals surface area contributed by atoms with Crippen molar-refractivity contribution in [3.05, 3.63) is 59.7 Å². The molecule has 7 nitrogen and oxygen atoms in total. The van der Waals surface area contributed by atoms with Crippen LogP contribution in [-0.4, -0.2) is 29.8 Å². The predicted molar refractivity (Wildman–Crippen MR) is 115 cm³/mol. The largest absolute Gasteiger partial charge is 0.403 e. The third-order valence-corrected chi connectivity index (χ3v) is 6.86. The van der Waals surface area contributed by atoms with Crippen LogP contribution in [0.3, 0.4) is 0 Å². The van der Waals surface area contributed by atoms with Gasteiger partial charge in [0.25, 0.3) is 0 Å². The van der Waals surface area contributed by atoms with Crippen LogP contribution in [0.15, 0.2) is 57.8 Å². The molecule has 2 aromatic carbocycles. The Morgan fingerprint density at radius 3 is 2.37 bits per heavy atom. The third kappa shape index (κ3) is 4.94. The summed E-state index contributed by atoms with van der Waals surface area (Å²) in [6.45, 7) is 7.48. The number of sulfone groups is 1. The van der Waals surface area contributed by atoms with Gasteiger partial charge in [-0.2, -0.15) is 0 Å². The summed E-state index contributed by atoms with van der Waals surface area (Å²) in [5, 5.41) is 9.80. The average molecular weight is 428 g/mol. The number of aromatic nitrogens is 2. The highest BCUT2D eigenvalue weighted by Crippen LogP contribution is 2.25. The van der Waals surface area contributed by atoms with E-state index in [1.165, 1.54) is 17.7 Å². The standard InChI is InChI=1S/C22H25N3O4S/c1-14(2)17-10-8-16(9-11-17)12-20(26)23-22-25-24-21(29-22)18-6-5-7-19(13-18)30(27,28)15(3)4/h5-11,13-15H,12H2,1-4H3,(H,23,25,26). The van der Waals surface area contributed by atoms with Crippen molar-refractivity contribution in [2.75, 3.05) is 5.32 Å². The van der Waals surface area contributed by atoms with Crippen molar-refractivity contribution < 1.29 is 17.6 Å². The molecule has 8 heteroatoms. The zero-order valence-electron chi connectivity index (χ0n) is 17.4. The summed E-state index contributed by atoms with van der Waals surface area (Å²) in [6.07, 6.45) is 0.179. The van der Waals surface area contributed by atoms with Crippen molar-refractivity contribution >= 4 is 21.8 Å². The normalized spacial score (nSPS) is 11.8. The van der Waals surface area contributed by atoms with Gasteiger partial charge < -0.3 is 4.42 Å². The van der Waals surface area contributed by atoms with Crippen LogP contribution in [0, 0.1) is 0 Å². The molecule has 0 spiro atoms. The monoisotopic (exact) mass is 427 g/mol. The first kappa shape index (κ1) is 21.7. The van der Waals surface area contributed by atoms with E-state index in [4.69, 9.17) is 4.42 Å². The highest BCUT2D eigenvalue weighted by atomic mass is 32.2. The average Bonchev–Trinajstić information content (AvgIpc) is 3.16. The maximum Gasteiger partial charge on any atom is 0.322 e. The lowest BCUT2D eigenvalue weighted by Gasteiger charge is -2.08. The molecule has 3 aromatic rings. The van der Waals surface area contributed by atoms with E-state index in [0.717, 1.165) is 5.56 Å². The zero-order chi connectivity index (χ0) is 21.9. The van der Waals surface area contributed by atoms with Gasteiger partial charge in [-0.25, -0.2) is 8.42 Å². The molecular weight excluding hydrogens is 402 g/mol. The smallest absolute Gasteiger partial charge is 0.322 e. The van der Waals surface area contributed by atoms with Gasteiger partial charge in [0.2, 0.25) is 11.8 Å². The summed E-state index contributed by atoms with van der Waals surface area (Å²) in [6, 6.07) is 14.2. The molecule has 0 radical (unpaired) electrons. The van der Waals surface area contributed by atoms with Crippen LogP contribution < -0.4 is 5.32 Å². The van der Waals surface area contributed by atoms with Gasteiger partial charge >= 0.3 is 6.01 Å². The topological polar surface area (TPSA) is 102 Å². The van der Waals surface area contributed by atoms with Crippen LogP contribution in [0.5, 0.6) is 0 Å². The Morgan fingerprint density at radius 1 is 1.03 bits per heavy atom. The van der Waals surface area contributed by atoms with Crippen LogP contribution in [0.4, 0.5) is 6.01 Å². The van der Waals surface area contributed by atoms with Crippen molar-refractivity contribution in [2.24, 2.45) is 0 Å². The number of anilines is 1. The summed E-state index contributed by atoms with van der Waals surface area (Å²) >= 11 is 0. The summed E-state index contributed by atoms with van der Waals surface area (Å²) in [4.78, 5) is 12.5. The molecule has 0 saturated heterocycles. The summed E-state index contributed by atoms with van der Waals surface area (Å²) in [5.41, 5.74) is 2.56. The minimum absolute atomic E-state index is 0.0362. The van der Waals surface area contributed by atoms with Gasteiger partial charge in [0.1, 0.15) is 0 Å². The number of amides is 1. The molecule has 0 aliphatic rings. The van der Waals surface area contributed by atoms with Gasteiger partial charge in [-0.15, -0.1) is 5.10 Å².